The third-order valence-electron chi connectivity index (χ3n) is 4.66. The van der Waals surface area contributed by atoms with Gasteiger partial charge in [0.2, 0.25) is 5.89 Å². The summed E-state index contributed by atoms with van der Waals surface area (Å²) < 4.78 is 11.1. The number of nitrogens with zero attached hydrogens (tertiary/aromatic N) is 2. The minimum atomic E-state index is -0.352. The van der Waals surface area contributed by atoms with E-state index in [0.717, 1.165) is 44.5 Å². The topological polar surface area (TPSA) is 74.2 Å². The van der Waals surface area contributed by atoms with Crippen LogP contribution in [0.2, 0.25) is 0 Å². The van der Waals surface area contributed by atoms with Crippen molar-refractivity contribution < 1.29 is 9.26 Å². The molecule has 2 heterocycles. The molecule has 6 heteroatoms. The highest BCUT2D eigenvalue weighted by atomic mass is 35.5. The van der Waals surface area contributed by atoms with Gasteiger partial charge in [0.25, 0.3) is 0 Å². The van der Waals surface area contributed by atoms with Crippen LogP contribution in [-0.2, 0) is 12.0 Å². The molecule has 0 spiro atoms. The molecule has 22 heavy (non-hydrogen) atoms. The number of para-hydroxylation sites is 1. The first-order chi connectivity index (χ1) is 10.2. The molecular formula is C16H20ClN3O2. The standard InChI is InChI=1S/C16H19N3O2.ClH/c17-16(7-3-8-16)15-18-14(21-19-15)10-11-6-9-20-13-5-2-1-4-12(11)13;/h1-2,4-5,11H,3,6-10,17H2;1H. The Bertz CT molecular complexity index is 654. The van der Waals surface area contributed by atoms with Gasteiger partial charge >= 0.3 is 0 Å². The molecule has 0 saturated heterocycles. The Hall–Kier alpha value is -1.59. The van der Waals surface area contributed by atoms with Crippen molar-refractivity contribution in [3.63, 3.8) is 0 Å². The zero-order chi connectivity index (χ0) is 14.3. The lowest BCUT2D eigenvalue weighted by atomic mass is 9.77. The Labute approximate surface area is 135 Å². The van der Waals surface area contributed by atoms with Gasteiger partial charge in [0.05, 0.1) is 12.1 Å². The minimum Gasteiger partial charge on any atom is -0.493 e. The lowest BCUT2D eigenvalue weighted by Crippen LogP contribution is -2.44. The number of halogens is 1. The van der Waals surface area contributed by atoms with E-state index >= 15 is 0 Å². The van der Waals surface area contributed by atoms with Crippen molar-refractivity contribution in [2.45, 2.75) is 43.6 Å². The van der Waals surface area contributed by atoms with Crippen LogP contribution < -0.4 is 10.5 Å². The molecule has 1 aromatic heterocycles. The van der Waals surface area contributed by atoms with Gasteiger partial charge in [0.1, 0.15) is 5.75 Å². The van der Waals surface area contributed by atoms with Gasteiger partial charge in [-0.15, -0.1) is 12.4 Å². The van der Waals surface area contributed by atoms with Gasteiger partial charge in [-0.1, -0.05) is 23.4 Å². The highest BCUT2D eigenvalue weighted by molar-refractivity contribution is 5.85. The van der Waals surface area contributed by atoms with Crippen LogP contribution in [-0.4, -0.2) is 16.7 Å². The maximum Gasteiger partial charge on any atom is 0.227 e. The van der Waals surface area contributed by atoms with E-state index < -0.39 is 0 Å². The molecule has 2 aromatic rings. The van der Waals surface area contributed by atoms with Crippen LogP contribution in [0.15, 0.2) is 28.8 Å². The van der Waals surface area contributed by atoms with Crippen molar-refractivity contribution in [3.8, 4) is 5.75 Å². The minimum absolute atomic E-state index is 0. The average Bonchev–Trinajstić information content (AvgIpc) is 2.94. The van der Waals surface area contributed by atoms with Crippen molar-refractivity contribution in [1.29, 1.82) is 0 Å². The summed E-state index contributed by atoms with van der Waals surface area (Å²) in [6.07, 6.45) is 4.78. The second kappa shape index (κ2) is 5.89. The van der Waals surface area contributed by atoms with Crippen molar-refractivity contribution >= 4 is 12.4 Å². The third kappa shape index (κ3) is 2.59. The zero-order valence-corrected chi connectivity index (χ0v) is 13.1. The molecule has 1 saturated carbocycles. The molecule has 1 aromatic carbocycles. The lowest BCUT2D eigenvalue weighted by molar-refractivity contribution is 0.228. The van der Waals surface area contributed by atoms with Gasteiger partial charge < -0.3 is 15.0 Å². The first kappa shape index (κ1) is 15.3. The number of benzene rings is 1. The van der Waals surface area contributed by atoms with E-state index in [1.54, 1.807) is 0 Å². The molecule has 2 aliphatic rings. The van der Waals surface area contributed by atoms with Crippen LogP contribution in [0.25, 0.3) is 0 Å². The summed E-state index contributed by atoms with van der Waals surface area (Å²) in [5, 5.41) is 4.09. The number of hydrogen-bond donors (Lipinski definition) is 1. The lowest BCUT2D eigenvalue weighted by Gasteiger charge is -2.34. The fourth-order valence-corrected chi connectivity index (χ4v) is 3.16. The first-order valence-corrected chi connectivity index (χ1v) is 7.58. The fourth-order valence-electron chi connectivity index (χ4n) is 3.16. The molecule has 1 aliphatic heterocycles. The number of ether oxygens (including phenoxy) is 1. The van der Waals surface area contributed by atoms with Crippen molar-refractivity contribution in [2.75, 3.05) is 6.61 Å². The summed E-state index contributed by atoms with van der Waals surface area (Å²) in [6.45, 7) is 0.740. The van der Waals surface area contributed by atoms with E-state index in [4.69, 9.17) is 15.0 Å². The quantitative estimate of drug-likeness (QED) is 0.940. The van der Waals surface area contributed by atoms with Gasteiger partial charge in [-0.05, 0) is 43.2 Å². The van der Waals surface area contributed by atoms with Crippen LogP contribution in [0, 0.1) is 0 Å². The van der Waals surface area contributed by atoms with Crippen molar-refractivity contribution in [1.82, 2.24) is 10.1 Å². The Morgan fingerprint density at radius 3 is 2.86 bits per heavy atom. The largest absolute Gasteiger partial charge is 0.493 e. The fraction of sp³-hybridized carbons (Fsp3) is 0.500. The predicted octanol–water partition coefficient (Wildman–Crippen LogP) is 2.94. The SMILES string of the molecule is Cl.NC1(c2noc(CC3CCOc4ccccc43)n2)CCC1. The third-order valence-corrected chi connectivity index (χ3v) is 4.66. The summed E-state index contributed by atoms with van der Waals surface area (Å²) in [6, 6.07) is 8.18. The Balaban J connectivity index is 0.00000144. The van der Waals surface area contributed by atoms with E-state index in [-0.39, 0.29) is 17.9 Å². The Morgan fingerprint density at radius 2 is 2.09 bits per heavy atom. The summed E-state index contributed by atoms with van der Waals surface area (Å²) in [5.74, 6) is 2.70. The molecule has 5 nitrogen and oxygen atoms in total. The van der Waals surface area contributed by atoms with Gasteiger partial charge in [0.15, 0.2) is 5.82 Å². The Kier molecular flexibility index (Phi) is 4.10. The average molecular weight is 322 g/mol. The monoisotopic (exact) mass is 321 g/mol. The number of fused-ring (bicyclic) bond motifs is 1. The van der Waals surface area contributed by atoms with Crippen molar-refractivity contribution in [3.05, 3.63) is 41.5 Å². The van der Waals surface area contributed by atoms with Crippen molar-refractivity contribution in [2.24, 2.45) is 5.73 Å². The number of nitrogens with two attached hydrogens (primary N) is 1. The molecule has 1 fully saturated rings. The van der Waals surface area contributed by atoms with E-state index in [1.165, 1.54) is 5.56 Å². The molecule has 0 radical (unpaired) electrons. The molecule has 118 valence electrons. The summed E-state index contributed by atoms with van der Waals surface area (Å²) in [4.78, 5) is 4.53. The Morgan fingerprint density at radius 1 is 1.27 bits per heavy atom. The molecule has 4 rings (SSSR count). The summed E-state index contributed by atoms with van der Waals surface area (Å²) in [5.41, 5.74) is 7.12. The molecule has 0 bridgehead atoms. The van der Waals surface area contributed by atoms with E-state index in [9.17, 15) is 0 Å². The smallest absolute Gasteiger partial charge is 0.227 e. The number of rotatable bonds is 3. The highest BCUT2D eigenvalue weighted by Gasteiger charge is 2.39. The number of aromatic nitrogens is 2. The van der Waals surface area contributed by atoms with Gasteiger partial charge in [-0.2, -0.15) is 4.98 Å². The zero-order valence-electron chi connectivity index (χ0n) is 12.3. The maximum atomic E-state index is 6.24. The van der Waals surface area contributed by atoms with Gasteiger partial charge in [-0.25, -0.2) is 0 Å². The maximum absolute atomic E-state index is 6.24. The van der Waals surface area contributed by atoms with Crippen LogP contribution in [0.3, 0.4) is 0 Å². The second-order valence-electron chi connectivity index (χ2n) is 6.10. The molecule has 1 aliphatic carbocycles. The number of hydrogen-bond acceptors (Lipinski definition) is 5. The normalized spacial score (nSPS) is 22.0. The highest BCUT2D eigenvalue weighted by Crippen LogP contribution is 2.38. The first-order valence-electron chi connectivity index (χ1n) is 7.58. The van der Waals surface area contributed by atoms with Gasteiger partial charge in [-0.3, -0.25) is 0 Å². The molecule has 2 N–H and O–H groups in total. The molecule has 1 unspecified atom stereocenters. The van der Waals surface area contributed by atoms with Crippen LogP contribution in [0.4, 0.5) is 0 Å². The van der Waals surface area contributed by atoms with E-state index in [0.29, 0.717) is 17.6 Å². The molecule has 0 amide bonds. The predicted molar refractivity (Wildman–Crippen MR) is 84.3 cm³/mol. The van der Waals surface area contributed by atoms with Crippen LogP contribution >= 0.6 is 12.4 Å². The summed E-state index contributed by atoms with van der Waals surface area (Å²) >= 11 is 0. The second-order valence-corrected chi connectivity index (χ2v) is 6.10. The molecular weight excluding hydrogens is 302 g/mol. The van der Waals surface area contributed by atoms with E-state index in [2.05, 4.69) is 16.2 Å². The van der Waals surface area contributed by atoms with Crippen LogP contribution in [0.5, 0.6) is 5.75 Å². The van der Waals surface area contributed by atoms with E-state index in [1.807, 2.05) is 18.2 Å². The van der Waals surface area contributed by atoms with Gasteiger partial charge in [0, 0.05) is 6.42 Å². The molecule has 1 atom stereocenters. The summed E-state index contributed by atoms with van der Waals surface area (Å²) in [7, 11) is 0. The van der Waals surface area contributed by atoms with Crippen LogP contribution in [0.1, 0.15) is 48.9 Å².